The van der Waals surface area contributed by atoms with Crippen molar-refractivity contribution in [2.45, 2.75) is 46.1 Å². The van der Waals surface area contributed by atoms with Gasteiger partial charge in [-0.2, -0.15) is 4.98 Å². The summed E-state index contributed by atoms with van der Waals surface area (Å²) >= 11 is 0. The fraction of sp³-hybridized carbons (Fsp3) is 0.692. The Bertz CT molecular complexity index is 327. The number of hydrogen-bond donors (Lipinski definition) is 1. The van der Waals surface area contributed by atoms with E-state index in [2.05, 4.69) is 48.0 Å². The smallest absolute Gasteiger partial charge is 0.224 e. The molecule has 1 N–H and O–H groups in total. The maximum absolute atomic E-state index is 4.52. The van der Waals surface area contributed by atoms with E-state index in [9.17, 15) is 0 Å². The molecule has 1 unspecified atom stereocenters. The van der Waals surface area contributed by atoms with E-state index in [0.29, 0.717) is 6.04 Å². The zero-order valence-electron chi connectivity index (χ0n) is 11.4. The van der Waals surface area contributed by atoms with Crippen LogP contribution in [0.4, 0.5) is 11.8 Å². The summed E-state index contributed by atoms with van der Waals surface area (Å²) in [5.41, 5.74) is 0. The van der Waals surface area contributed by atoms with Crippen LogP contribution in [0.1, 0.15) is 40.0 Å². The monoisotopic (exact) mass is 236 g/mol. The van der Waals surface area contributed by atoms with Gasteiger partial charge in [0.05, 0.1) is 0 Å². The zero-order valence-corrected chi connectivity index (χ0v) is 11.4. The summed E-state index contributed by atoms with van der Waals surface area (Å²) in [4.78, 5) is 10.9. The predicted octanol–water partition coefficient (Wildman–Crippen LogP) is 2.92. The number of hydrogen-bond acceptors (Lipinski definition) is 4. The van der Waals surface area contributed by atoms with Crippen molar-refractivity contribution in [1.82, 2.24) is 9.97 Å². The topological polar surface area (TPSA) is 41.1 Å². The molecule has 0 aliphatic heterocycles. The quantitative estimate of drug-likeness (QED) is 0.790. The van der Waals surface area contributed by atoms with Crippen molar-refractivity contribution in [2.75, 3.05) is 23.8 Å². The Balaban J connectivity index is 2.69. The molecule has 0 bridgehead atoms. The highest BCUT2D eigenvalue weighted by Crippen LogP contribution is 2.15. The fourth-order valence-electron chi connectivity index (χ4n) is 1.70. The number of nitrogens with one attached hydrogen (secondary N) is 1. The van der Waals surface area contributed by atoms with Crippen molar-refractivity contribution in [3.05, 3.63) is 12.3 Å². The van der Waals surface area contributed by atoms with Crippen molar-refractivity contribution >= 4 is 11.8 Å². The average Bonchev–Trinajstić information content (AvgIpc) is 2.36. The van der Waals surface area contributed by atoms with Crippen molar-refractivity contribution < 1.29 is 0 Å². The molecule has 1 heterocycles. The lowest BCUT2D eigenvalue weighted by atomic mass is 10.2. The Morgan fingerprint density at radius 1 is 1.35 bits per heavy atom. The Hall–Kier alpha value is -1.32. The van der Waals surface area contributed by atoms with Gasteiger partial charge in [0.2, 0.25) is 5.95 Å². The third-order valence-electron chi connectivity index (χ3n) is 2.90. The molecule has 0 aromatic carbocycles. The molecule has 0 amide bonds. The normalized spacial score (nSPS) is 12.2. The third kappa shape index (κ3) is 4.21. The second-order valence-electron chi connectivity index (χ2n) is 4.41. The SMILES string of the molecule is CCCNc1nccc(N(C)C(C)CCC)n1. The molecule has 4 nitrogen and oxygen atoms in total. The largest absolute Gasteiger partial charge is 0.357 e. The summed E-state index contributed by atoms with van der Waals surface area (Å²) < 4.78 is 0. The summed E-state index contributed by atoms with van der Waals surface area (Å²) in [5, 5.41) is 3.21. The minimum atomic E-state index is 0.508. The Labute approximate surface area is 104 Å². The molecule has 4 heteroatoms. The zero-order chi connectivity index (χ0) is 12.7. The molecule has 0 saturated heterocycles. The Kier molecular flexibility index (Phi) is 5.73. The summed E-state index contributed by atoms with van der Waals surface area (Å²) in [6.45, 7) is 7.48. The maximum atomic E-state index is 4.52. The lowest BCUT2D eigenvalue weighted by molar-refractivity contribution is 0.611. The maximum Gasteiger partial charge on any atom is 0.224 e. The van der Waals surface area contributed by atoms with Gasteiger partial charge in [-0.1, -0.05) is 20.3 Å². The highest BCUT2D eigenvalue weighted by Gasteiger charge is 2.10. The number of nitrogens with zero attached hydrogens (tertiary/aromatic N) is 3. The number of rotatable bonds is 7. The summed E-state index contributed by atoms with van der Waals surface area (Å²) in [7, 11) is 2.09. The molecular formula is C13H24N4. The average molecular weight is 236 g/mol. The van der Waals surface area contributed by atoms with Gasteiger partial charge in [0, 0.05) is 25.8 Å². The minimum absolute atomic E-state index is 0.508. The van der Waals surface area contributed by atoms with E-state index in [1.54, 1.807) is 0 Å². The highest BCUT2D eigenvalue weighted by atomic mass is 15.2. The Morgan fingerprint density at radius 2 is 2.12 bits per heavy atom. The van der Waals surface area contributed by atoms with Crippen LogP contribution in [0.3, 0.4) is 0 Å². The van der Waals surface area contributed by atoms with Crippen LogP contribution in [0.5, 0.6) is 0 Å². The van der Waals surface area contributed by atoms with Gasteiger partial charge in [0.25, 0.3) is 0 Å². The summed E-state index contributed by atoms with van der Waals surface area (Å²) in [6.07, 6.45) is 5.26. The molecule has 0 saturated carbocycles. The molecular weight excluding hydrogens is 212 g/mol. The predicted molar refractivity (Wildman–Crippen MR) is 73.6 cm³/mol. The van der Waals surface area contributed by atoms with Gasteiger partial charge in [0.15, 0.2) is 0 Å². The van der Waals surface area contributed by atoms with Gasteiger partial charge in [-0.15, -0.1) is 0 Å². The first-order valence-electron chi connectivity index (χ1n) is 6.48. The second kappa shape index (κ2) is 7.09. The molecule has 0 aliphatic carbocycles. The first kappa shape index (κ1) is 13.7. The van der Waals surface area contributed by atoms with E-state index in [-0.39, 0.29) is 0 Å². The first-order chi connectivity index (χ1) is 8.19. The van der Waals surface area contributed by atoms with Crippen LogP contribution in [0, 0.1) is 0 Å². The molecule has 0 fully saturated rings. The lowest BCUT2D eigenvalue weighted by Gasteiger charge is -2.25. The van der Waals surface area contributed by atoms with E-state index in [1.807, 2.05) is 12.3 Å². The Morgan fingerprint density at radius 3 is 2.76 bits per heavy atom. The van der Waals surface area contributed by atoms with Gasteiger partial charge in [-0.05, 0) is 25.8 Å². The highest BCUT2D eigenvalue weighted by molar-refractivity contribution is 5.42. The van der Waals surface area contributed by atoms with E-state index < -0.39 is 0 Å². The van der Waals surface area contributed by atoms with Crippen LogP contribution in [0.25, 0.3) is 0 Å². The van der Waals surface area contributed by atoms with Crippen molar-refractivity contribution in [3.63, 3.8) is 0 Å². The molecule has 1 atom stereocenters. The molecule has 0 radical (unpaired) electrons. The summed E-state index contributed by atoms with van der Waals surface area (Å²) in [6, 6.07) is 2.47. The van der Waals surface area contributed by atoms with Crippen LogP contribution < -0.4 is 10.2 Å². The molecule has 17 heavy (non-hydrogen) atoms. The van der Waals surface area contributed by atoms with Crippen molar-refractivity contribution in [2.24, 2.45) is 0 Å². The van der Waals surface area contributed by atoms with E-state index in [0.717, 1.165) is 24.7 Å². The van der Waals surface area contributed by atoms with Crippen molar-refractivity contribution in [1.29, 1.82) is 0 Å². The first-order valence-corrected chi connectivity index (χ1v) is 6.48. The molecule has 96 valence electrons. The molecule has 1 aromatic rings. The van der Waals surface area contributed by atoms with Gasteiger partial charge >= 0.3 is 0 Å². The lowest BCUT2D eigenvalue weighted by Crippen LogP contribution is -2.29. The summed E-state index contributed by atoms with van der Waals surface area (Å²) in [5.74, 6) is 1.71. The van der Waals surface area contributed by atoms with Gasteiger partial charge in [-0.25, -0.2) is 4.98 Å². The van der Waals surface area contributed by atoms with Gasteiger partial charge in [-0.3, -0.25) is 0 Å². The van der Waals surface area contributed by atoms with E-state index >= 15 is 0 Å². The van der Waals surface area contributed by atoms with E-state index in [1.165, 1.54) is 12.8 Å². The van der Waals surface area contributed by atoms with Gasteiger partial charge < -0.3 is 10.2 Å². The van der Waals surface area contributed by atoms with Crippen LogP contribution in [0.15, 0.2) is 12.3 Å². The standard InChI is InChI=1S/C13H24N4/c1-5-7-11(3)17(4)12-8-10-15-13(16-12)14-9-6-2/h8,10-11H,5-7,9H2,1-4H3,(H,14,15,16). The number of anilines is 2. The molecule has 1 aromatic heterocycles. The molecule has 0 aliphatic rings. The van der Waals surface area contributed by atoms with Crippen LogP contribution >= 0.6 is 0 Å². The second-order valence-corrected chi connectivity index (χ2v) is 4.41. The van der Waals surface area contributed by atoms with Gasteiger partial charge in [0.1, 0.15) is 5.82 Å². The molecule has 0 spiro atoms. The van der Waals surface area contributed by atoms with Crippen LogP contribution in [-0.2, 0) is 0 Å². The minimum Gasteiger partial charge on any atom is -0.357 e. The van der Waals surface area contributed by atoms with Crippen molar-refractivity contribution in [3.8, 4) is 0 Å². The van der Waals surface area contributed by atoms with E-state index in [4.69, 9.17) is 0 Å². The molecule has 1 rings (SSSR count). The number of aromatic nitrogens is 2. The fourth-order valence-corrected chi connectivity index (χ4v) is 1.70. The van der Waals surface area contributed by atoms with Crippen LogP contribution in [-0.4, -0.2) is 29.6 Å². The van der Waals surface area contributed by atoms with Crippen LogP contribution in [0.2, 0.25) is 0 Å². The third-order valence-corrected chi connectivity index (χ3v) is 2.90.